The Morgan fingerprint density at radius 1 is 1.50 bits per heavy atom. The van der Waals surface area contributed by atoms with E-state index < -0.39 is 0 Å². The van der Waals surface area contributed by atoms with Crippen molar-refractivity contribution in [3.8, 4) is 0 Å². The Balaban J connectivity index is 2.89. The molecule has 0 aromatic rings. The lowest BCUT2D eigenvalue weighted by atomic mass is 9.96. The van der Waals surface area contributed by atoms with E-state index in [1.165, 1.54) is 10.1 Å². The highest BCUT2D eigenvalue weighted by molar-refractivity contribution is 9.11. The molecule has 0 unspecified atom stereocenters. The number of hydrogen-bond acceptors (Lipinski definition) is 1. The summed E-state index contributed by atoms with van der Waals surface area (Å²) >= 11 is 3.53. The first-order valence-electron chi connectivity index (χ1n) is 3.54. The zero-order valence-electron chi connectivity index (χ0n) is 6.70. The monoisotopic (exact) mass is 204 g/mol. The van der Waals surface area contributed by atoms with E-state index in [9.17, 15) is 0 Å². The van der Waals surface area contributed by atoms with Gasteiger partial charge in [0.05, 0.1) is 12.2 Å². The maximum atomic E-state index is 5.56. The van der Waals surface area contributed by atoms with Crippen LogP contribution >= 0.6 is 15.9 Å². The first-order chi connectivity index (χ1) is 4.54. The quantitative estimate of drug-likeness (QED) is 0.590. The van der Waals surface area contributed by atoms with E-state index in [0.717, 1.165) is 13.0 Å². The summed E-state index contributed by atoms with van der Waals surface area (Å²) in [4.78, 5) is 0. The summed E-state index contributed by atoms with van der Waals surface area (Å²) < 4.78 is 6.87. The first kappa shape index (κ1) is 8.28. The van der Waals surface area contributed by atoms with Crippen LogP contribution in [0.3, 0.4) is 0 Å². The molecule has 0 atom stereocenters. The van der Waals surface area contributed by atoms with Crippen LogP contribution in [0, 0.1) is 0 Å². The molecule has 0 N–H and O–H groups in total. The zero-order chi connectivity index (χ0) is 7.78. The minimum atomic E-state index is -0.0584. The Kier molecular flexibility index (Phi) is 2.21. The predicted octanol–water partition coefficient (Wildman–Crippen LogP) is 2.85. The van der Waals surface area contributed by atoms with Crippen LogP contribution < -0.4 is 0 Å². The van der Waals surface area contributed by atoms with Gasteiger partial charge in [0.2, 0.25) is 0 Å². The number of halogens is 1. The van der Waals surface area contributed by atoms with Crippen molar-refractivity contribution in [1.82, 2.24) is 0 Å². The summed E-state index contributed by atoms with van der Waals surface area (Å²) in [5.41, 5.74) is 1.26. The van der Waals surface area contributed by atoms with Gasteiger partial charge in [0.25, 0.3) is 0 Å². The smallest absolute Gasteiger partial charge is 0.0843 e. The highest BCUT2D eigenvalue weighted by Crippen LogP contribution is 2.32. The van der Waals surface area contributed by atoms with Gasteiger partial charge in [-0.2, -0.15) is 0 Å². The average molecular weight is 205 g/mol. The molecule has 1 aliphatic heterocycles. The van der Waals surface area contributed by atoms with Crippen LogP contribution in [0.2, 0.25) is 0 Å². The Hall–Kier alpha value is 0.180. The minimum absolute atomic E-state index is 0.0584. The van der Waals surface area contributed by atoms with Crippen molar-refractivity contribution in [3.63, 3.8) is 0 Å². The van der Waals surface area contributed by atoms with Crippen molar-refractivity contribution < 1.29 is 4.74 Å². The van der Waals surface area contributed by atoms with Gasteiger partial charge in [-0.15, -0.1) is 0 Å². The first-order valence-corrected chi connectivity index (χ1v) is 4.33. The average Bonchev–Trinajstić information content (AvgIpc) is 1.83. The molecule has 0 aromatic carbocycles. The van der Waals surface area contributed by atoms with Crippen LogP contribution in [0.4, 0.5) is 0 Å². The molecule has 58 valence electrons. The Bertz CT molecular complexity index is 170. The molecule has 1 aliphatic rings. The van der Waals surface area contributed by atoms with Crippen molar-refractivity contribution in [3.05, 3.63) is 10.1 Å². The lowest BCUT2D eigenvalue weighted by Crippen LogP contribution is -2.30. The molecule has 1 rings (SSSR count). The number of ether oxygens (including phenoxy) is 1. The molecule has 0 aromatic heterocycles. The Morgan fingerprint density at radius 3 is 2.50 bits per heavy atom. The fourth-order valence-corrected chi connectivity index (χ4v) is 1.66. The van der Waals surface area contributed by atoms with Crippen LogP contribution in [0.5, 0.6) is 0 Å². The number of rotatable bonds is 0. The van der Waals surface area contributed by atoms with Gasteiger partial charge < -0.3 is 4.74 Å². The molecule has 0 amide bonds. The lowest BCUT2D eigenvalue weighted by molar-refractivity contribution is 0.00329. The van der Waals surface area contributed by atoms with Crippen LogP contribution in [0.15, 0.2) is 10.1 Å². The van der Waals surface area contributed by atoms with Gasteiger partial charge in [0.15, 0.2) is 0 Å². The van der Waals surface area contributed by atoms with Crippen molar-refractivity contribution in [2.24, 2.45) is 0 Å². The molecule has 1 heterocycles. The summed E-state index contributed by atoms with van der Waals surface area (Å²) in [5, 5.41) is 0. The standard InChI is InChI=1S/C8H13BrO/c1-6-7(9)4-5-10-8(6,2)3/h4-5H2,1-3H3. The van der Waals surface area contributed by atoms with Crippen LogP contribution in [0.1, 0.15) is 27.2 Å². The highest BCUT2D eigenvalue weighted by Gasteiger charge is 2.26. The topological polar surface area (TPSA) is 9.23 Å². The predicted molar refractivity (Wildman–Crippen MR) is 46.3 cm³/mol. The fraction of sp³-hybridized carbons (Fsp3) is 0.750. The van der Waals surface area contributed by atoms with Crippen molar-refractivity contribution >= 4 is 15.9 Å². The van der Waals surface area contributed by atoms with Crippen LogP contribution in [-0.2, 0) is 4.74 Å². The number of hydrogen-bond donors (Lipinski definition) is 0. The van der Waals surface area contributed by atoms with Gasteiger partial charge in [-0.25, -0.2) is 0 Å². The third-order valence-electron chi connectivity index (χ3n) is 2.09. The minimum Gasteiger partial charge on any atom is -0.371 e. The molecule has 0 radical (unpaired) electrons. The normalized spacial score (nSPS) is 25.2. The summed E-state index contributed by atoms with van der Waals surface area (Å²) in [7, 11) is 0. The molecule has 10 heavy (non-hydrogen) atoms. The van der Waals surface area contributed by atoms with Crippen molar-refractivity contribution in [2.75, 3.05) is 6.61 Å². The van der Waals surface area contributed by atoms with Crippen LogP contribution in [0.25, 0.3) is 0 Å². The summed E-state index contributed by atoms with van der Waals surface area (Å²) in [5.74, 6) is 0. The summed E-state index contributed by atoms with van der Waals surface area (Å²) in [6.45, 7) is 7.15. The zero-order valence-corrected chi connectivity index (χ0v) is 8.29. The highest BCUT2D eigenvalue weighted by atomic mass is 79.9. The molecule has 0 fully saturated rings. The summed E-state index contributed by atoms with van der Waals surface area (Å²) in [6.07, 6.45) is 1.02. The molecule has 2 heteroatoms. The fourth-order valence-electron chi connectivity index (χ4n) is 1.02. The van der Waals surface area contributed by atoms with E-state index in [1.807, 2.05) is 0 Å². The van der Waals surface area contributed by atoms with Gasteiger partial charge in [0, 0.05) is 6.42 Å². The third kappa shape index (κ3) is 1.43. The maximum absolute atomic E-state index is 5.56. The second-order valence-electron chi connectivity index (χ2n) is 3.14. The molecule has 0 saturated carbocycles. The van der Waals surface area contributed by atoms with Gasteiger partial charge in [-0.3, -0.25) is 0 Å². The van der Waals surface area contributed by atoms with Crippen molar-refractivity contribution in [1.29, 1.82) is 0 Å². The molecular formula is C8H13BrO. The van der Waals surface area contributed by atoms with E-state index in [2.05, 4.69) is 36.7 Å². The third-order valence-corrected chi connectivity index (χ3v) is 3.09. The second kappa shape index (κ2) is 2.67. The molecule has 0 aliphatic carbocycles. The van der Waals surface area contributed by atoms with Gasteiger partial charge in [0.1, 0.15) is 0 Å². The van der Waals surface area contributed by atoms with Gasteiger partial charge >= 0.3 is 0 Å². The second-order valence-corrected chi connectivity index (χ2v) is 4.10. The lowest BCUT2D eigenvalue weighted by Gasteiger charge is -2.31. The molecule has 0 saturated heterocycles. The Morgan fingerprint density at radius 2 is 2.10 bits per heavy atom. The van der Waals surface area contributed by atoms with E-state index in [1.54, 1.807) is 0 Å². The van der Waals surface area contributed by atoms with E-state index in [-0.39, 0.29) is 5.60 Å². The molecule has 0 spiro atoms. The van der Waals surface area contributed by atoms with Gasteiger partial charge in [-0.05, 0) is 30.8 Å². The molecule has 1 nitrogen and oxygen atoms in total. The van der Waals surface area contributed by atoms with Gasteiger partial charge in [-0.1, -0.05) is 15.9 Å². The van der Waals surface area contributed by atoms with Crippen molar-refractivity contribution in [2.45, 2.75) is 32.8 Å². The summed E-state index contributed by atoms with van der Waals surface area (Å²) in [6, 6.07) is 0. The largest absolute Gasteiger partial charge is 0.371 e. The van der Waals surface area contributed by atoms with Crippen LogP contribution in [-0.4, -0.2) is 12.2 Å². The molecular weight excluding hydrogens is 192 g/mol. The van der Waals surface area contributed by atoms with E-state index in [4.69, 9.17) is 4.74 Å². The Labute approximate surface area is 70.6 Å². The van der Waals surface area contributed by atoms with E-state index >= 15 is 0 Å². The van der Waals surface area contributed by atoms with E-state index in [0.29, 0.717) is 0 Å². The molecule has 0 bridgehead atoms. The maximum Gasteiger partial charge on any atom is 0.0843 e. The SMILES string of the molecule is CC1=C(Br)CCOC1(C)C.